The van der Waals surface area contributed by atoms with Crippen LogP contribution in [-0.2, 0) is 24.5 Å². The van der Waals surface area contributed by atoms with Crippen LogP contribution in [0.1, 0.15) is 37.4 Å². The van der Waals surface area contributed by atoms with E-state index in [2.05, 4.69) is 10.0 Å². The first-order valence-electron chi connectivity index (χ1n) is 9.51. The monoisotopic (exact) mass is 455 g/mol. The Balaban J connectivity index is 1.58. The van der Waals surface area contributed by atoms with Crippen LogP contribution in [0.4, 0.5) is 0 Å². The second-order valence-corrected chi connectivity index (χ2v) is 8.57. The number of nitrogens with one attached hydrogen (secondary N) is 2. The van der Waals surface area contributed by atoms with Crippen LogP contribution in [0.3, 0.4) is 0 Å². The molecule has 0 spiro atoms. The lowest BCUT2D eigenvalue weighted by Crippen LogP contribution is -2.25. The molecule has 0 saturated carbocycles. The van der Waals surface area contributed by atoms with E-state index in [9.17, 15) is 14.1 Å². The van der Waals surface area contributed by atoms with Gasteiger partial charge in [0, 0.05) is 28.3 Å². The number of rotatable bonds is 8. The molecule has 1 atom stereocenters. The van der Waals surface area contributed by atoms with Gasteiger partial charge in [-0.3, -0.25) is 9.59 Å². The third-order valence-corrected chi connectivity index (χ3v) is 6.36. The lowest BCUT2D eigenvalue weighted by molar-refractivity contribution is 0.0949. The molecule has 4 N–H and O–H groups in total. The van der Waals surface area contributed by atoms with Crippen LogP contribution in [0.5, 0.6) is 0 Å². The SMILES string of the molecule is Cc1c(Cl)cccc1[S+]([O-])NCc1cccc(C(=O)NCc2ccc(C(N)=O)cc2)c1. The average molecular weight is 456 g/mol. The van der Waals surface area contributed by atoms with Crippen LogP contribution in [0.2, 0.25) is 5.02 Å². The second-order valence-electron chi connectivity index (χ2n) is 6.90. The molecule has 0 radical (unpaired) electrons. The Hall–Kier alpha value is -2.84. The number of carbonyl (C=O) groups is 2. The Morgan fingerprint density at radius 2 is 1.68 bits per heavy atom. The topological polar surface area (TPSA) is 107 Å². The molecule has 0 heterocycles. The Morgan fingerprint density at radius 3 is 2.39 bits per heavy atom. The summed E-state index contributed by atoms with van der Waals surface area (Å²) in [6, 6.07) is 19.1. The lowest BCUT2D eigenvalue weighted by Gasteiger charge is -2.13. The summed E-state index contributed by atoms with van der Waals surface area (Å²) in [5, 5.41) is 3.41. The molecule has 0 bridgehead atoms. The predicted molar refractivity (Wildman–Crippen MR) is 122 cm³/mol. The molecule has 0 fully saturated rings. The van der Waals surface area contributed by atoms with Crippen molar-refractivity contribution in [2.75, 3.05) is 0 Å². The van der Waals surface area contributed by atoms with Crippen molar-refractivity contribution in [3.05, 3.63) is 99.6 Å². The van der Waals surface area contributed by atoms with E-state index in [1.807, 2.05) is 13.0 Å². The van der Waals surface area contributed by atoms with Crippen molar-refractivity contribution in [3.8, 4) is 0 Å². The lowest BCUT2D eigenvalue weighted by atomic mass is 10.1. The number of hydrogen-bond acceptors (Lipinski definition) is 4. The normalized spacial score (nSPS) is 11.7. The number of nitrogens with two attached hydrogens (primary N) is 1. The van der Waals surface area contributed by atoms with Gasteiger partial charge in [-0.25, -0.2) is 0 Å². The first-order chi connectivity index (χ1) is 14.8. The fraction of sp³-hybridized carbons (Fsp3) is 0.130. The minimum Gasteiger partial charge on any atom is -0.593 e. The van der Waals surface area contributed by atoms with Crippen LogP contribution in [0.25, 0.3) is 0 Å². The zero-order valence-electron chi connectivity index (χ0n) is 16.9. The van der Waals surface area contributed by atoms with E-state index in [1.165, 1.54) is 0 Å². The molecule has 3 rings (SSSR count). The summed E-state index contributed by atoms with van der Waals surface area (Å²) in [6.45, 7) is 2.47. The first kappa shape index (κ1) is 22.8. The van der Waals surface area contributed by atoms with Crippen LogP contribution in [0.15, 0.2) is 71.6 Å². The molecular formula is C23H22ClN3O3S. The maximum absolute atomic E-state index is 12.6. The highest BCUT2D eigenvalue weighted by atomic mass is 35.5. The van der Waals surface area contributed by atoms with Gasteiger partial charge >= 0.3 is 0 Å². The third-order valence-electron chi connectivity index (χ3n) is 4.71. The molecule has 8 heteroatoms. The van der Waals surface area contributed by atoms with Crippen molar-refractivity contribution < 1.29 is 14.1 Å². The Bertz CT molecular complexity index is 1090. The van der Waals surface area contributed by atoms with Gasteiger partial charge in [0.25, 0.3) is 5.91 Å². The quantitative estimate of drug-likeness (QED) is 0.452. The minimum absolute atomic E-state index is 0.229. The molecule has 3 aromatic carbocycles. The largest absolute Gasteiger partial charge is 0.593 e. The van der Waals surface area contributed by atoms with Crippen molar-refractivity contribution in [3.63, 3.8) is 0 Å². The number of carbonyl (C=O) groups excluding carboxylic acids is 2. The van der Waals surface area contributed by atoms with Gasteiger partial charge in [-0.1, -0.05) is 41.9 Å². The van der Waals surface area contributed by atoms with Crippen LogP contribution >= 0.6 is 11.6 Å². The summed E-state index contributed by atoms with van der Waals surface area (Å²) in [4.78, 5) is 24.3. The van der Waals surface area contributed by atoms with Crippen molar-refractivity contribution in [2.45, 2.75) is 24.9 Å². The zero-order valence-corrected chi connectivity index (χ0v) is 18.4. The molecule has 31 heavy (non-hydrogen) atoms. The molecule has 160 valence electrons. The van der Waals surface area contributed by atoms with Gasteiger partial charge in [-0.2, -0.15) is 0 Å². The molecule has 3 aromatic rings. The first-order valence-corrected chi connectivity index (χ1v) is 11.0. The Kier molecular flexibility index (Phi) is 7.70. The van der Waals surface area contributed by atoms with Crippen LogP contribution in [-0.4, -0.2) is 16.4 Å². The summed E-state index contributed by atoms with van der Waals surface area (Å²) in [5.41, 5.74) is 8.59. The highest BCUT2D eigenvalue weighted by Crippen LogP contribution is 2.22. The van der Waals surface area contributed by atoms with Crippen molar-refractivity contribution in [1.82, 2.24) is 10.0 Å². The highest BCUT2D eigenvalue weighted by Gasteiger charge is 2.16. The third kappa shape index (κ3) is 6.08. The van der Waals surface area contributed by atoms with E-state index in [4.69, 9.17) is 17.3 Å². The van der Waals surface area contributed by atoms with E-state index in [-0.39, 0.29) is 5.91 Å². The average Bonchev–Trinajstić information content (AvgIpc) is 2.78. The minimum atomic E-state index is -1.42. The Morgan fingerprint density at radius 1 is 0.968 bits per heavy atom. The van der Waals surface area contributed by atoms with E-state index in [0.29, 0.717) is 34.1 Å². The zero-order chi connectivity index (χ0) is 22.4. The van der Waals surface area contributed by atoms with E-state index in [1.54, 1.807) is 60.7 Å². The molecule has 0 aliphatic rings. The van der Waals surface area contributed by atoms with Gasteiger partial charge in [-0.15, -0.1) is 4.72 Å². The summed E-state index contributed by atoms with van der Waals surface area (Å²) in [6.07, 6.45) is 0. The number of benzene rings is 3. The number of primary amides is 1. The molecule has 1 unspecified atom stereocenters. The summed E-state index contributed by atoms with van der Waals surface area (Å²) >= 11 is 4.67. The van der Waals surface area contributed by atoms with Crippen molar-refractivity contribution in [1.29, 1.82) is 0 Å². The molecule has 0 aromatic heterocycles. The standard InChI is InChI=1S/C23H22ClN3O3S/c1-15-20(24)6-3-7-21(15)31(30)27-14-17-4-2-5-19(12-17)23(29)26-13-16-8-10-18(11-9-16)22(25)28/h2-12,27H,13-14H2,1H3,(H2,25,28)(H,26,29). The van der Waals surface area contributed by atoms with Gasteiger partial charge in [-0.05, 0) is 54.4 Å². The van der Waals surface area contributed by atoms with Gasteiger partial charge in [0.15, 0.2) is 4.90 Å². The smallest absolute Gasteiger partial charge is 0.251 e. The second kappa shape index (κ2) is 10.5. The Labute approximate surface area is 189 Å². The fourth-order valence-corrected chi connectivity index (χ4v) is 4.18. The summed E-state index contributed by atoms with van der Waals surface area (Å²) in [7, 11) is 0. The van der Waals surface area contributed by atoms with Crippen LogP contribution in [0, 0.1) is 6.92 Å². The van der Waals surface area contributed by atoms with E-state index < -0.39 is 17.3 Å². The van der Waals surface area contributed by atoms with E-state index >= 15 is 0 Å². The van der Waals surface area contributed by atoms with Crippen molar-refractivity contribution in [2.24, 2.45) is 5.73 Å². The highest BCUT2D eigenvalue weighted by molar-refractivity contribution is 7.89. The molecule has 0 saturated heterocycles. The number of halogens is 1. The van der Waals surface area contributed by atoms with Gasteiger partial charge in [0.2, 0.25) is 5.91 Å². The van der Waals surface area contributed by atoms with Gasteiger partial charge in [0.05, 0.1) is 17.9 Å². The molecule has 0 aliphatic heterocycles. The number of hydrogen-bond donors (Lipinski definition) is 3. The summed E-state index contributed by atoms with van der Waals surface area (Å²) in [5.74, 6) is -0.722. The molecule has 0 aliphatic carbocycles. The van der Waals surface area contributed by atoms with Gasteiger partial charge in [0.1, 0.15) is 0 Å². The fourth-order valence-electron chi connectivity index (χ4n) is 2.91. The molecular weight excluding hydrogens is 434 g/mol. The van der Waals surface area contributed by atoms with Gasteiger partial charge < -0.3 is 15.6 Å². The maximum atomic E-state index is 12.6. The number of amides is 2. The predicted octanol–water partition coefficient (Wildman–Crippen LogP) is 3.49. The van der Waals surface area contributed by atoms with E-state index in [0.717, 1.165) is 16.7 Å². The maximum Gasteiger partial charge on any atom is 0.251 e. The van der Waals surface area contributed by atoms with Crippen molar-refractivity contribution >= 4 is 34.8 Å². The van der Waals surface area contributed by atoms with Crippen LogP contribution < -0.4 is 15.8 Å². The summed E-state index contributed by atoms with van der Waals surface area (Å²) < 4.78 is 15.5. The molecule has 6 nitrogen and oxygen atoms in total. The molecule has 2 amide bonds.